The zero-order chi connectivity index (χ0) is 11.3. The zero-order valence-electron chi connectivity index (χ0n) is 9.91. The Bertz CT molecular complexity index is 278. The predicted octanol–water partition coefficient (Wildman–Crippen LogP) is 2.02. The van der Waals surface area contributed by atoms with E-state index in [9.17, 15) is 4.79 Å². The first-order valence-corrected chi connectivity index (χ1v) is 6.57. The van der Waals surface area contributed by atoms with Crippen molar-refractivity contribution in [1.82, 2.24) is 5.32 Å². The maximum atomic E-state index is 11.0. The highest BCUT2D eigenvalue weighted by atomic mass is 16.4. The van der Waals surface area contributed by atoms with Crippen LogP contribution in [0, 0.1) is 17.8 Å². The smallest absolute Gasteiger partial charge is 0.320 e. The molecule has 0 aliphatic heterocycles. The monoisotopic (exact) mass is 223 g/mol. The van der Waals surface area contributed by atoms with E-state index in [2.05, 4.69) is 5.32 Å². The normalized spacial score (nSPS) is 46.9. The van der Waals surface area contributed by atoms with Gasteiger partial charge in [0.25, 0.3) is 0 Å². The van der Waals surface area contributed by atoms with E-state index in [1.165, 1.54) is 38.5 Å². The third-order valence-electron chi connectivity index (χ3n) is 4.93. The summed E-state index contributed by atoms with van der Waals surface area (Å²) in [5.41, 5.74) is 0.173. The topological polar surface area (TPSA) is 49.3 Å². The van der Waals surface area contributed by atoms with Crippen LogP contribution in [0.5, 0.6) is 0 Å². The van der Waals surface area contributed by atoms with Crippen LogP contribution in [0.15, 0.2) is 0 Å². The first kappa shape index (κ1) is 10.6. The molecule has 0 heterocycles. The third-order valence-corrected chi connectivity index (χ3v) is 4.93. The van der Waals surface area contributed by atoms with Crippen molar-refractivity contribution in [1.29, 1.82) is 0 Å². The van der Waals surface area contributed by atoms with Crippen LogP contribution in [0.3, 0.4) is 0 Å². The fourth-order valence-electron chi connectivity index (χ4n) is 4.81. The SMILES string of the molecule is CC(NC12CC3CC(CC(C3)C1)C2)C(=O)O. The van der Waals surface area contributed by atoms with E-state index in [4.69, 9.17) is 5.11 Å². The lowest BCUT2D eigenvalue weighted by atomic mass is 9.53. The summed E-state index contributed by atoms with van der Waals surface area (Å²) in [6.07, 6.45) is 7.87. The van der Waals surface area contributed by atoms with E-state index in [-0.39, 0.29) is 5.54 Å². The fraction of sp³-hybridized carbons (Fsp3) is 0.923. The molecule has 2 N–H and O–H groups in total. The number of nitrogens with one attached hydrogen (secondary N) is 1. The Labute approximate surface area is 96.6 Å². The highest BCUT2D eigenvalue weighted by Gasteiger charge is 2.51. The summed E-state index contributed by atoms with van der Waals surface area (Å²) in [6.45, 7) is 1.78. The Morgan fingerprint density at radius 1 is 1.19 bits per heavy atom. The average Bonchev–Trinajstić information content (AvgIpc) is 2.13. The fourth-order valence-corrected chi connectivity index (χ4v) is 4.81. The van der Waals surface area contributed by atoms with Crippen LogP contribution in [0.2, 0.25) is 0 Å². The molecule has 4 saturated carbocycles. The molecule has 4 rings (SSSR count). The molecule has 4 aliphatic rings. The van der Waals surface area contributed by atoms with Crippen molar-refractivity contribution in [3.63, 3.8) is 0 Å². The molecule has 3 heteroatoms. The number of carboxylic acid groups (broad SMARTS) is 1. The van der Waals surface area contributed by atoms with E-state index in [0.717, 1.165) is 17.8 Å². The van der Waals surface area contributed by atoms with Gasteiger partial charge in [0.15, 0.2) is 0 Å². The lowest BCUT2D eigenvalue weighted by molar-refractivity contribution is -0.140. The van der Waals surface area contributed by atoms with Crippen LogP contribution in [0.4, 0.5) is 0 Å². The highest BCUT2D eigenvalue weighted by Crippen LogP contribution is 2.55. The van der Waals surface area contributed by atoms with Crippen molar-refractivity contribution >= 4 is 5.97 Å². The highest BCUT2D eigenvalue weighted by molar-refractivity contribution is 5.73. The minimum atomic E-state index is -0.712. The molecule has 1 atom stereocenters. The summed E-state index contributed by atoms with van der Waals surface area (Å²) < 4.78 is 0. The number of hydrogen-bond acceptors (Lipinski definition) is 2. The number of hydrogen-bond donors (Lipinski definition) is 2. The molecular formula is C13H21NO2. The largest absolute Gasteiger partial charge is 0.480 e. The Morgan fingerprint density at radius 3 is 2.00 bits per heavy atom. The minimum absolute atomic E-state index is 0.173. The summed E-state index contributed by atoms with van der Waals surface area (Å²) in [5, 5.41) is 12.4. The van der Waals surface area contributed by atoms with Gasteiger partial charge in [0.2, 0.25) is 0 Å². The van der Waals surface area contributed by atoms with Crippen LogP contribution < -0.4 is 5.32 Å². The van der Waals surface area contributed by atoms with Crippen LogP contribution in [-0.4, -0.2) is 22.7 Å². The van der Waals surface area contributed by atoms with Gasteiger partial charge in [-0.05, 0) is 63.2 Å². The van der Waals surface area contributed by atoms with Crippen LogP contribution in [0.1, 0.15) is 45.4 Å². The van der Waals surface area contributed by atoms with Gasteiger partial charge in [-0.15, -0.1) is 0 Å². The summed E-state index contributed by atoms with van der Waals surface area (Å²) in [4.78, 5) is 11.0. The van der Waals surface area contributed by atoms with E-state index in [1.54, 1.807) is 6.92 Å². The molecule has 0 aromatic rings. The quantitative estimate of drug-likeness (QED) is 0.769. The molecule has 0 radical (unpaired) electrons. The van der Waals surface area contributed by atoms with Crippen molar-refractivity contribution in [2.24, 2.45) is 17.8 Å². The van der Waals surface area contributed by atoms with Crippen molar-refractivity contribution in [3.05, 3.63) is 0 Å². The van der Waals surface area contributed by atoms with E-state index in [1.807, 2.05) is 0 Å². The Morgan fingerprint density at radius 2 is 1.62 bits per heavy atom. The van der Waals surface area contributed by atoms with Gasteiger partial charge in [0.1, 0.15) is 6.04 Å². The molecule has 90 valence electrons. The van der Waals surface area contributed by atoms with Gasteiger partial charge in [-0.3, -0.25) is 10.1 Å². The van der Waals surface area contributed by atoms with Crippen molar-refractivity contribution in [2.75, 3.05) is 0 Å². The Hall–Kier alpha value is -0.570. The molecular weight excluding hydrogens is 202 g/mol. The van der Waals surface area contributed by atoms with Crippen molar-refractivity contribution in [3.8, 4) is 0 Å². The summed E-state index contributed by atoms with van der Waals surface area (Å²) in [6, 6.07) is -0.392. The van der Waals surface area contributed by atoms with Gasteiger partial charge in [-0.25, -0.2) is 0 Å². The second kappa shape index (κ2) is 3.46. The molecule has 0 aromatic heterocycles. The molecule has 4 fully saturated rings. The van der Waals surface area contributed by atoms with E-state index < -0.39 is 12.0 Å². The minimum Gasteiger partial charge on any atom is -0.480 e. The van der Waals surface area contributed by atoms with Gasteiger partial charge in [0, 0.05) is 5.54 Å². The second-order valence-corrected chi connectivity index (χ2v) is 6.40. The number of aliphatic carboxylic acids is 1. The van der Waals surface area contributed by atoms with Crippen LogP contribution in [-0.2, 0) is 4.79 Å². The lowest BCUT2D eigenvalue weighted by Gasteiger charge is -2.57. The molecule has 16 heavy (non-hydrogen) atoms. The summed E-state index contributed by atoms with van der Waals surface area (Å²) >= 11 is 0. The van der Waals surface area contributed by atoms with E-state index in [0.29, 0.717) is 0 Å². The molecule has 0 amide bonds. The molecule has 0 aromatic carbocycles. The predicted molar refractivity (Wildman–Crippen MR) is 61.1 cm³/mol. The molecule has 3 nitrogen and oxygen atoms in total. The van der Waals surface area contributed by atoms with Gasteiger partial charge >= 0.3 is 5.97 Å². The third kappa shape index (κ3) is 1.65. The van der Waals surface area contributed by atoms with E-state index >= 15 is 0 Å². The standard InChI is InChI=1S/C13H21NO2/c1-8(12(15)16)14-13-5-9-2-10(6-13)4-11(3-9)7-13/h8-11,14H,2-7H2,1H3,(H,15,16). The average molecular weight is 223 g/mol. The molecule has 1 unspecified atom stereocenters. The molecule has 0 spiro atoms. The van der Waals surface area contributed by atoms with Gasteiger partial charge < -0.3 is 5.11 Å². The number of rotatable bonds is 3. The molecule has 4 aliphatic carbocycles. The maximum Gasteiger partial charge on any atom is 0.320 e. The maximum absolute atomic E-state index is 11.0. The second-order valence-electron chi connectivity index (χ2n) is 6.40. The van der Waals surface area contributed by atoms with Gasteiger partial charge in [0.05, 0.1) is 0 Å². The first-order valence-electron chi connectivity index (χ1n) is 6.57. The molecule has 0 saturated heterocycles. The molecule has 4 bridgehead atoms. The van der Waals surface area contributed by atoms with Crippen molar-refractivity contribution < 1.29 is 9.90 Å². The Kier molecular flexibility index (Phi) is 2.29. The lowest BCUT2D eigenvalue weighted by Crippen LogP contribution is -2.61. The van der Waals surface area contributed by atoms with Gasteiger partial charge in [-0.1, -0.05) is 0 Å². The zero-order valence-corrected chi connectivity index (χ0v) is 9.91. The van der Waals surface area contributed by atoms with Crippen molar-refractivity contribution in [2.45, 2.75) is 57.0 Å². The number of carbonyl (C=O) groups is 1. The summed E-state index contributed by atoms with van der Waals surface area (Å²) in [7, 11) is 0. The van der Waals surface area contributed by atoms with Crippen LogP contribution >= 0.6 is 0 Å². The number of carboxylic acids is 1. The van der Waals surface area contributed by atoms with Crippen LogP contribution in [0.25, 0.3) is 0 Å². The first-order chi connectivity index (χ1) is 7.56. The van der Waals surface area contributed by atoms with Gasteiger partial charge in [-0.2, -0.15) is 0 Å². The Balaban J connectivity index is 1.76. The summed E-state index contributed by atoms with van der Waals surface area (Å²) in [5.74, 6) is 1.91.